The molecule has 0 saturated carbocycles. The van der Waals surface area contributed by atoms with E-state index in [0.29, 0.717) is 12.8 Å². The third-order valence-electron chi connectivity index (χ3n) is 3.04. The van der Waals surface area contributed by atoms with E-state index in [0.717, 1.165) is 22.8 Å². The van der Waals surface area contributed by atoms with Crippen molar-refractivity contribution >= 4 is 24.0 Å². The number of anilines is 1. The number of hydrogen-bond donors (Lipinski definition) is 2. The van der Waals surface area contributed by atoms with Crippen LogP contribution in [0.25, 0.3) is 11.3 Å². The first kappa shape index (κ1) is 18.1. The van der Waals surface area contributed by atoms with Gasteiger partial charge in [-0.1, -0.05) is 12.1 Å². The van der Waals surface area contributed by atoms with Crippen molar-refractivity contribution in [2.45, 2.75) is 32.7 Å². The van der Waals surface area contributed by atoms with Gasteiger partial charge in [0.25, 0.3) is 0 Å². The normalized spacial score (nSPS) is 11.4. The minimum Gasteiger partial charge on any atom is -0.328 e. The lowest BCUT2D eigenvalue weighted by atomic mass is 10.1. The van der Waals surface area contributed by atoms with Gasteiger partial charge in [-0.15, -0.1) is 12.4 Å². The Balaban J connectivity index is 0.00000242. The molecule has 0 fully saturated rings. The molecular formula is C16H21ClN4O. The van der Waals surface area contributed by atoms with E-state index in [1.54, 1.807) is 6.20 Å². The summed E-state index contributed by atoms with van der Waals surface area (Å²) >= 11 is 0. The summed E-state index contributed by atoms with van der Waals surface area (Å²) in [7, 11) is 0. The highest BCUT2D eigenvalue weighted by Crippen LogP contribution is 2.20. The second kappa shape index (κ2) is 8.46. The van der Waals surface area contributed by atoms with Gasteiger partial charge in [0, 0.05) is 29.9 Å². The molecule has 1 aromatic carbocycles. The maximum Gasteiger partial charge on any atom is 0.224 e. The smallest absolute Gasteiger partial charge is 0.224 e. The van der Waals surface area contributed by atoms with Crippen LogP contribution in [0.3, 0.4) is 0 Å². The lowest BCUT2D eigenvalue weighted by molar-refractivity contribution is -0.116. The molecule has 1 aromatic heterocycles. The highest BCUT2D eigenvalue weighted by atomic mass is 35.5. The second-order valence-corrected chi connectivity index (χ2v) is 5.13. The molecule has 0 bridgehead atoms. The van der Waals surface area contributed by atoms with Gasteiger partial charge in [0.05, 0.1) is 5.69 Å². The van der Waals surface area contributed by atoms with Crippen molar-refractivity contribution in [1.82, 2.24) is 9.97 Å². The van der Waals surface area contributed by atoms with Gasteiger partial charge in [0.2, 0.25) is 5.91 Å². The molecular weight excluding hydrogens is 300 g/mol. The molecule has 6 heteroatoms. The van der Waals surface area contributed by atoms with Gasteiger partial charge < -0.3 is 11.1 Å². The topological polar surface area (TPSA) is 80.9 Å². The number of hydrogen-bond acceptors (Lipinski definition) is 4. The first-order valence-electron chi connectivity index (χ1n) is 7.00. The minimum atomic E-state index is -0.0247. The van der Waals surface area contributed by atoms with Crippen molar-refractivity contribution in [3.63, 3.8) is 0 Å². The average molecular weight is 321 g/mol. The van der Waals surface area contributed by atoms with Crippen molar-refractivity contribution in [2.24, 2.45) is 5.73 Å². The lowest BCUT2D eigenvalue weighted by Crippen LogP contribution is -2.19. The number of carbonyl (C=O) groups excluding carboxylic acids is 1. The summed E-state index contributed by atoms with van der Waals surface area (Å²) in [6.07, 6.45) is 2.83. The van der Waals surface area contributed by atoms with E-state index < -0.39 is 0 Å². The zero-order chi connectivity index (χ0) is 15.2. The number of amides is 1. The van der Waals surface area contributed by atoms with Crippen LogP contribution in [0.2, 0.25) is 0 Å². The third-order valence-corrected chi connectivity index (χ3v) is 3.04. The van der Waals surface area contributed by atoms with Crippen molar-refractivity contribution < 1.29 is 4.79 Å². The quantitative estimate of drug-likeness (QED) is 0.887. The van der Waals surface area contributed by atoms with Crippen molar-refractivity contribution in [3.05, 3.63) is 42.4 Å². The number of aromatic nitrogens is 2. The van der Waals surface area contributed by atoms with Crippen LogP contribution in [0, 0.1) is 6.92 Å². The van der Waals surface area contributed by atoms with Gasteiger partial charge in [-0.25, -0.2) is 9.97 Å². The molecule has 2 rings (SSSR count). The van der Waals surface area contributed by atoms with Gasteiger partial charge in [0.15, 0.2) is 0 Å². The molecule has 0 aliphatic heterocycles. The van der Waals surface area contributed by atoms with E-state index in [2.05, 4.69) is 15.3 Å². The summed E-state index contributed by atoms with van der Waals surface area (Å²) in [6, 6.07) is 9.51. The van der Waals surface area contributed by atoms with E-state index in [1.165, 1.54) is 0 Å². The molecule has 0 radical (unpaired) electrons. The summed E-state index contributed by atoms with van der Waals surface area (Å²) in [5, 5.41) is 2.88. The summed E-state index contributed by atoms with van der Waals surface area (Å²) in [5.74, 6) is 0.696. The number of nitrogens with zero attached hydrogens (tertiary/aromatic N) is 2. The number of carbonyl (C=O) groups is 1. The van der Waals surface area contributed by atoms with E-state index in [-0.39, 0.29) is 24.4 Å². The Morgan fingerprint density at radius 1 is 1.36 bits per heavy atom. The predicted octanol–water partition coefficient (Wildman–Crippen LogP) is 2.94. The van der Waals surface area contributed by atoms with E-state index in [4.69, 9.17) is 5.73 Å². The van der Waals surface area contributed by atoms with Crippen LogP contribution in [0.5, 0.6) is 0 Å². The number of rotatable bonds is 5. The maximum atomic E-state index is 11.8. The molecule has 1 heterocycles. The molecule has 0 aliphatic carbocycles. The Kier molecular flexibility index (Phi) is 6.95. The number of nitrogens with two attached hydrogens (primary N) is 1. The van der Waals surface area contributed by atoms with Crippen LogP contribution < -0.4 is 11.1 Å². The Hall–Kier alpha value is -1.98. The zero-order valence-corrected chi connectivity index (χ0v) is 13.6. The maximum absolute atomic E-state index is 11.8. The van der Waals surface area contributed by atoms with Crippen LogP contribution in [-0.2, 0) is 4.79 Å². The third kappa shape index (κ3) is 5.42. The Morgan fingerprint density at radius 2 is 2.14 bits per heavy atom. The van der Waals surface area contributed by atoms with Crippen LogP contribution >= 0.6 is 12.4 Å². The molecule has 0 spiro atoms. The fourth-order valence-electron chi connectivity index (χ4n) is 1.96. The summed E-state index contributed by atoms with van der Waals surface area (Å²) < 4.78 is 0. The fourth-order valence-corrected chi connectivity index (χ4v) is 1.96. The van der Waals surface area contributed by atoms with Gasteiger partial charge in [-0.2, -0.15) is 0 Å². The predicted molar refractivity (Wildman–Crippen MR) is 91.0 cm³/mol. The number of halogens is 1. The average Bonchev–Trinajstić information content (AvgIpc) is 2.45. The molecule has 118 valence electrons. The Morgan fingerprint density at radius 3 is 2.82 bits per heavy atom. The molecule has 0 saturated heterocycles. The number of benzene rings is 1. The van der Waals surface area contributed by atoms with E-state index in [1.807, 2.05) is 44.2 Å². The van der Waals surface area contributed by atoms with Crippen molar-refractivity contribution in [3.8, 4) is 11.3 Å². The Bertz CT molecular complexity index is 631. The summed E-state index contributed by atoms with van der Waals surface area (Å²) in [6.45, 7) is 3.74. The largest absolute Gasteiger partial charge is 0.328 e. The summed E-state index contributed by atoms with van der Waals surface area (Å²) in [4.78, 5) is 20.3. The van der Waals surface area contributed by atoms with Crippen molar-refractivity contribution in [2.75, 3.05) is 5.32 Å². The van der Waals surface area contributed by atoms with Crippen LogP contribution in [0.4, 0.5) is 5.69 Å². The SMILES string of the molecule is Cc1nccc(-c2cccc(NC(=O)CCC(C)N)c2)n1.Cl. The monoisotopic (exact) mass is 320 g/mol. The number of nitrogens with one attached hydrogen (secondary N) is 1. The molecule has 1 atom stereocenters. The first-order chi connectivity index (χ1) is 10.0. The second-order valence-electron chi connectivity index (χ2n) is 5.13. The van der Waals surface area contributed by atoms with Gasteiger partial charge in [0.1, 0.15) is 5.82 Å². The molecule has 2 aromatic rings. The lowest BCUT2D eigenvalue weighted by Gasteiger charge is -2.08. The zero-order valence-electron chi connectivity index (χ0n) is 12.7. The molecule has 1 unspecified atom stereocenters. The molecule has 5 nitrogen and oxygen atoms in total. The molecule has 0 aliphatic rings. The molecule has 3 N–H and O–H groups in total. The van der Waals surface area contributed by atoms with Crippen LogP contribution in [-0.4, -0.2) is 21.9 Å². The van der Waals surface area contributed by atoms with Gasteiger partial charge in [-0.05, 0) is 38.5 Å². The standard InChI is InChI=1S/C16H20N4O.ClH/c1-11(17)6-7-16(21)20-14-5-3-4-13(10-14)15-8-9-18-12(2)19-15;/h3-5,8-11H,6-7,17H2,1-2H3,(H,20,21);1H. The van der Waals surface area contributed by atoms with Gasteiger partial charge >= 0.3 is 0 Å². The number of aryl methyl sites for hydroxylation is 1. The van der Waals surface area contributed by atoms with E-state index in [9.17, 15) is 4.79 Å². The highest BCUT2D eigenvalue weighted by molar-refractivity contribution is 5.91. The van der Waals surface area contributed by atoms with Gasteiger partial charge in [-0.3, -0.25) is 4.79 Å². The fraction of sp³-hybridized carbons (Fsp3) is 0.312. The van der Waals surface area contributed by atoms with Crippen LogP contribution in [0.1, 0.15) is 25.6 Å². The first-order valence-corrected chi connectivity index (χ1v) is 7.00. The molecule has 1 amide bonds. The van der Waals surface area contributed by atoms with E-state index >= 15 is 0 Å². The highest BCUT2D eigenvalue weighted by Gasteiger charge is 2.06. The van der Waals surface area contributed by atoms with Crippen LogP contribution in [0.15, 0.2) is 36.5 Å². The van der Waals surface area contributed by atoms with Crippen molar-refractivity contribution in [1.29, 1.82) is 0 Å². The Labute approximate surface area is 136 Å². The summed E-state index contributed by atoms with van der Waals surface area (Å²) in [5.41, 5.74) is 8.21. The minimum absolute atomic E-state index is 0. The molecule has 22 heavy (non-hydrogen) atoms.